The number of likely N-dealkylation sites (N-methyl/N-ethyl adjacent to an activating group) is 1. The predicted molar refractivity (Wildman–Crippen MR) is 105 cm³/mol. The number of nitrogens with zero attached hydrogens (tertiary/aromatic N) is 1. The molecule has 1 unspecified atom stereocenters. The van der Waals surface area contributed by atoms with E-state index in [1.54, 1.807) is 12.1 Å². The van der Waals surface area contributed by atoms with Crippen molar-refractivity contribution in [1.82, 2.24) is 9.62 Å². The lowest BCUT2D eigenvalue weighted by Gasteiger charge is -2.19. The van der Waals surface area contributed by atoms with Crippen molar-refractivity contribution in [3.05, 3.63) is 63.0 Å². The van der Waals surface area contributed by atoms with Crippen molar-refractivity contribution >= 4 is 47.8 Å². The van der Waals surface area contributed by atoms with Crippen LogP contribution in [0.1, 0.15) is 18.5 Å². The Kier molecular flexibility index (Phi) is 6.79. The Morgan fingerprint density at radius 3 is 2.36 bits per heavy atom. The highest BCUT2D eigenvalue weighted by atomic mass is 79.9. The summed E-state index contributed by atoms with van der Waals surface area (Å²) in [6, 6.07) is 13.7. The molecule has 0 aromatic heterocycles. The maximum Gasteiger partial charge on any atom is 0.243 e. The van der Waals surface area contributed by atoms with Crippen molar-refractivity contribution in [3.8, 4) is 0 Å². The zero-order valence-electron chi connectivity index (χ0n) is 13.7. The van der Waals surface area contributed by atoms with Crippen LogP contribution in [0.3, 0.4) is 0 Å². The van der Waals surface area contributed by atoms with Gasteiger partial charge < -0.3 is 5.32 Å². The Labute approximate surface area is 164 Å². The first-order chi connectivity index (χ1) is 11.7. The number of carbonyl (C=O) groups excluding carboxylic acids is 1. The number of halogens is 2. The summed E-state index contributed by atoms with van der Waals surface area (Å²) in [4.78, 5) is 12.4. The Balaban J connectivity index is 2.03. The summed E-state index contributed by atoms with van der Waals surface area (Å²) in [5.74, 6) is -0.365. The minimum absolute atomic E-state index is 0.144. The zero-order chi connectivity index (χ0) is 18.6. The van der Waals surface area contributed by atoms with Crippen molar-refractivity contribution in [1.29, 1.82) is 0 Å². The van der Waals surface area contributed by atoms with Crippen LogP contribution < -0.4 is 5.32 Å². The van der Waals surface area contributed by atoms with Crippen LogP contribution in [-0.2, 0) is 14.8 Å². The van der Waals surface area contributed by atoms with Gasteiger partial charge >= 0.3 is 0 Å². The first kappa shape index (κ1) is 20.1. The van der Waals surface area contributed by atoms with Crippen LogP contribution in [0.15, 0.2) is 62.4 Å². The number of hydrogen-bond donors (Lipinski definition) is 1. The highest BCUT2D eigenvalue weighted by Crippen LogP contribution is 2.19. The van der Waals surface area contributed by atoms with Gasteiger partial charge in [-0.25, -0.2) is 8.42 Å². The van der Waals surface area contributed by atoms with Crippen LogP contribution in [-0.4, -0.2) is 32.2 Å². The first-order valence-electron chi connectivity index (χ1n) is 7.47. The van der Waals surface area contributed by atoms with Gasteiger partial charge in [0.15, 0.2) is 0 Å². The van der Waals surface area contributed by atoms with Gasteiger partial charge in [-0.05, 0) is 48.9 Å². The molecule has 0 radical (unpaired) electrons. The lowest BCUT2D eigenvalue weighted by atomic mass is 10.1. The average Bonchev–Trinajstić information content (AvgIpc) is 2.55. The van der Waals surface area contributed by atoms with Gasteiger partial charge in [-0.1, -0.05) is 44.0 Å². The molecular weight excluding hydrogens is 472 g/mol. The normalized spacial score (nSPS) is 12.8. The largest absolute Gasteiger partial charge is 0.348 e. The van der Waals surface area contributed by atoms with Gasteiger partial charge in [0.2, 0.25) is 15.9 Å². The lowest BCUT2D eigenvalue weighted by molar-refractivity contribution is -0.121. The summed E-state index contributed by atoms with van der Waals surface area (Å²) in [7, 11) is -2.32. The van der Waals surface area contributed by atoms with E-state index in [4.69, 9.17) is 0 Å². The number of amides is 1. The van der Waals surface area contributed by atoms with E-state index in [1.807, 2.05) is 31.2 Å². The fourth-order valence-corrected chi connectivity index (χ4v) is 4.03. The summed E-state index contributed by atoms with van der Waals surface area (Å²) < 4.78 is 27.8. The van der Waals surface area contributed by atoms with Crippen molar-refractivity contribution in [3.63, 3.8) is 0 Å². The van der Waals surface area contributed by atoms with E-state index in [0.717, 1.165) is 18.8 Å². The van der Waals surface area contributed by atoms with Gasteiger partial charge in [0.05, 0.1) is 17.5 Å². The minimum atomic E-state index is -3.71. The summed E-state index contributed by atoms with van der Waals surface area (Å²) in [5.41, 5.74) is 0.932. The Morgan fingerprint density at radius 1 is 1.12 bits per heavy atom. The third kappa shape index (κ3) is 5.37. The molecule has 1 N–H and O–H groups in total. The molecule has 134 valence electrons. The van der Waals surface area contributed by atoms with E-state index in [1.165, 1.54) is 19.2 Å². The molecule has 0 aliphatic rings. The van der Waals surface area contributed by atoms with Crippen molar-refractivity contribution in [2.75, 3.05) is 13.6 Å². The Hall–Kier alpha value is -1.22. The number of sulfonamides is 1. The molecular formula is C17H18Br2N2O3S. The number of rotatable bonds is 6. The molecule has 0 aliphatic carbocycles. The predicted octanol–water partition coefficient (Wildman–Crippen LogP) is 3.71. The molecule has 0 saturated heterocycles. The third-order valence-corrected chi connectivity index (χ3v) is 6.45. The lowest BCUT2D eigenvalue weighted by Crippen LogP contribution is -2.39. The molecule has 0 bridgehead atoms. The molecule has 1 amide bonds. The molecule has 0 aliphatic heterocycles. The zero-order valence-corrected chi connectivity index (χ0v) is 17.7. The highest BCUT2D eigenvalue weighted by Gasteiger charge is 2.23. The molecule has 25 heavy (non-hydrogen) atoms. The van der Waals surface area contributed by atoms with E-state index in [0.29, 0.717) is 0 Å². The molecule has 0 fully saturated rings. The fourth-order valence-electron chi connectivity index (χ4n) is 2.22. The summed E-state index contributed by atoms with van der Waals surface area (Å²) in [5, 5.41) is 2.81. The van der Waals surface area contributed by atoms with E-state index in [9.17, 15) is 13.2 Å². The van der Waals surface area contributed by atoms with E-state index < -0.39 is 10.0 Å². The Morgan fingerprint density at radius 2 is 1.76 bits per heavy atom. The van der Waals surface area contributed by atoms with E-state index in [2.05, 4.69) is 37.2 Å². The highest BCUT2D eigenvalue weighted by molar-refractivity contribution is 9.10. The van der Waals surface area contributed by atoms with Crippen molar-refractivity contribution < 1.29 is 13.2 Å². The number of nitrogens with one attached hydrogen (secondary N) is 1. The summed E-state index contributed by atoms with van der Waals surface area (Å²) >= 11 is 6.66. The van der Waals surface area contributed by atoms with E-state index >= 15 is 0 Å². The van der Waals surface area contributed by atoms with Crippen LogP contribution in [0, 0.1) is 0 Å². The second-order valence-electron chi connectivity index (χ2n) is 5.56. The van der Waals surface area contributed by atoms with Crippen LogP contribution in [0.5, 0.6) is 0 Å². The van der Waals surface area contributed by atoms with Gasteiger partial charge in [-0.2, -0.15) is 4.31 Å². The smallest absolute Gasteiger partial charge is 0.243 e. The van der Waals surface area contributed by atoms with Gasteiger partial charge in [0, 0.05) is 16.0 Å². The van der Waals surface area contributed by atoms with Crippen LogP contribution in [0.4, 0.5) is 0 Å². The topological polar surface area (TPSA) is 66.5 Å². The quantitative estimate of drug-likeness (QED) is 0.672. The maximum atomic E-state index is 12.5. The van der Waals surface area contributed by atoms with Crippen LogP contribution in [0.25, 0.3) is 0 Å². The molecule has 0 spiro atoms. The standard InChI is InChI=1S/C17H18Br2N2O3S/c1-12(13-4-3-5-15(19)10-13)20-17(22)11-21(2)25(23,24)16-8-6-14(18)7-9-16/h3-10,12H,11H2,1-2H3,(H,20,22). The molecule has 8 heteroatoms. The van der Waals surface area contributed by atoms with Crippen molar-refractivity contribution in [2.45, 2.75) is 17.9 Å². The Bertz CT molecular complexity index is 854. The molecule has 2 aromatic rings. The number of benzene rings is 2. The van der Waals surface area contributed by atoms with E-state index in [-0.39, 0.29) is 23.4 Å². The minimum Gasteiger partial charge on any atom is -0.348 e. The maximum absolute atomic E-state index is 12.5. The molecule has 0 saturated carbocycles. The van der Waals surface area contributed by atoms with Gasteiger partial charge in [-0.15, -0.1) is 0 Å². The third-order valence-electron chi connectivity index (χ3n) is 3.61. The molecule has 5 nitrogen and oxygen atoms in total. The van der Waals surface area contributed by atoms with Gasteiger partial charge in [0.25, 0.3) is 0 Å². The van der Waals surface area contributed by atoms with Crippen LogP contribution >= 0.6 is 31.9 Å². The summed E-state index contributed by atoms with van der Waals surface area (Å²) in [6.07, 6.45) is 0. The second kappa shape index (κ2) is 8.44. The monoisotopic (exact) mass is 488 g/mol. The SMILES string of the molecule is CC(NC(=O)CN(C)S(=O)(=O)c1ccc(Br)cc1)c1cccc(Br)c1. The first-order valence-corrected chi connectivity index (χ1v) is 10.5. The average molecular weight is 490 g/mol. The van der Waals surface area contributed by atoms with Crippen LogP contribution in [0.2, 0.25) is 0 Å². The fraction of sp³-hybridized carbons (Fsp3) is 0.235. The molecule has 2 rings (SSSR count). The van der Waals surface area contributed by atoms with Gasteiger partial charge in [0.1, 0.15) is 0 Å². The van der Waals surface area contributed by atoms with Gasteiger partial charge in [-0.3, -0.25) is 4.79 Å². The second-order valence-corrected chi connectivity index (χ2v) is 9.44. The molecule has 1 atom stereocenters. The molecule has 0 heterocycles. The summed E-state index contributed by atoms with van der Waals surface area (Å²) in [6.45, 7) is 1.60. The van der Waals surface area contributed by atoms with Crippen molar-refractivity contribution in [2.24, 2.45) is 0 Å². The number of carbonyl (C=O) groups is 1. The number of hydrogen-bond acceptors (Lipinski definition) is 3. The molecule has 2 aromatic carbocycles.